The number of hydrogen-bond acceptors (Lipinski definition) is 5. The van der Waals surface area contributed by atoms with Gasteiger partial charge in [0.05, 0.1) is 0 Å². The summed E-state index contributed by atoms with van der Waals surface area (Å²) in [7, 11) is -0.407. The molecule has 0 bridgehead atoms. The second-order valence-corrected chi connectivity index (χ2v) is 7.73. The van der Waals surface area contributed by atoms with Crippen molar-refractivity contribution in [3.05, 3.63) is 11.4 Å². The smallest absolute Gasteiger partial charge is 0.410 e. The van der Waals surface area contributed by atoms with Crippen LogP contribution in [0.15, 0.2) is 11.4 Å². The van der Waals surface area contributed by atoms with E-state index in [9.17, 15) is 9.36 Å². The monoisotopic (exact) mass is 305 g/mol. The summed E-state index contributed by atoms with van der Waals surface area (Å²) in [5.74, 6) is 1.55. The maximum Gasteiger partial charge on any atom is 0.410 e. The topological polar surface area (TPSA) is 65.1 Å². The molecule has 6 nitrogen and oxygen atoms in total. The molecule has 0 spiro atoms. The Morgan fingerprint density at radius 3 is 2.10 bits per heavy atom. The summed E-state index contributed by atoms with van der Waals surface area (Å²) < 4.78 is 27.1. The molecule has 1 amide bonds. The van der Waals surface area contributed by atoms with E-state index in [4.69, 9.17) is 13.8 Å². The molecular weight excluding hydrogens is 281 g/mol. The first-order valence-electron chi connectivity index (χ1n) is 6.59. The molecule has 1 rings (SSSR count). The first-order valence-corrected chi connectivity index (χ1v) is 8.20. The van der Waals surface area contributed by atoms with Crippen LogP contribution in [0.5, 0.6) is 0 Å². The van der Waals surface area contributed by atoms with E-state index < -0.39 is 13.2 Å². The van der Waals surface area contributed by atoms with Crippen molar-refractivity contribution in [3.8, 4) is 0 Å². The number of piperidine rings is 1. The predicted octanol–water partition coefficient (Wildman–Crippen LogP) is 3.39. The Bertz CT molecular complexity index is 409. The van der Waals surface area contributed by atoms with Crippen molar-refractivity contribution in [2.45, 2.75) is 39.2 Å². The highest BCUT2D eigenvalue weighted by molar-refractivity contribution is 7.57. The van der Waals surface area contributed by atoms with Crippen molar-refractivity contribution in [2.24, 2.45) is 0 Å². The molecule has 0 aromatic rings. The summed E-state index contributed by atoms with van der Waals surface area (Å²) in [4.78, 5) is 13.6. The SMILES string of the molecule is COP(=O)(C=C1CCN(C(=O)OC(C)(C)C)CC1)OC. The summed E-state index contributed by atoms with van der Waals surface area (Å²) in [5.41, 5.74) is 0.492. The molecule has 1 heterocycles. The number of amides is 1. The molecule has 0 aromatic carbocycles. The van der Waals surface area contributed by atoms with Gasteiger partial charge in [-0.1, -0.05) is 5.57 Å². The van der Waals surface area contributed by atoms with Crippen LogP contribution in [0.1, 0.15) is 33.6 Å². The minimum Gasteiger partial charge on any atom is -0.444 e. The van der Waals surface area contributed by atoms with Crippen LogP contribution in [0.2, 0.25) is 0 Å². The fourth-order valence-corrected chi connectivity index (χ4v) is 2.90. The lowest BCUT2D eigenvalue weighted by Gasteiger charge is -2.31. The molecule has 1 aliphatic rings. The molecule has 7 heteroatoms. The first kappa shape index (κ1) is 17.2. The fourth-order valence-electron chi connectivity index (χ4n) is 1.84. The van der Waals surface area contributed by atoms with Crippen LogP contribution in [0.25, 0.3) is 0 Å². The fraction of sp³-hybridized carbons (Fsp3) is 0.769. The number of rotatable bonds is 3. The molecule has 1 fully saturated rings. The molecule has 20 heavy (non-hydrogen) atoms. The molecule has 116 valence electrons. The predicted molar refractivity (Wildman–Crippen MR) is 76.7 cm³/mol. The second-order valence-electron chi connectivity index (χ2n) is 5.66. The van der Waals surface area contributed by atoms with Crippen LogP contribution in [0.4, 0.5) is 4.79 Å². The van der Waals surface area contributed by atoms with Gasteiger partial charge in [0, 0.05) is 33.1 Å². The largest absolute Gasteiger partial charge is 0.444 e. The number of nitrogens with zero attached hydrogens (tertiary/aromatic N) is 1. The lowest BCUT2D eigenvalue weighted by Crippen LogP contribution is -2.40. The van der Waals surface area contributed by atoms with E-state index in [0.29, 0.717) is 25.9 Å². The van der Waals surface area contributed by atoms with Crippen LogP contribution >= 0.6 is 7.60 Å². The van der Waals surface area contributed by atoms with E-state index in [2.05, 4.69) is 0 Å². The quantitative estimate of drug-likeness (QED) is 0.748. The van der Waals surface area contributed by atoms with Gasteiger partial charge in [-0.15, -0.1) is 0 Å². The summed E-state index contributed by atoms with van der Waals surface area (Å²) >= 11 is 0. The summed E-state index contributed by atoms with van der Waals surface area (Å²) in [6.07, 6.45) is 0.990. The Morgan fingerprint density at radius 2 is 1.70 bits per heavy atom. The molecule has 1 aliphatic heterocycles. The Balaban J connectivity index is 2.58. The van der Waals surface area contributed by atoms with E-state index in [1.54, 1.807) is 10.7 Å². The highest BCUT2D eigenvalue weighted by Crippen LogP contribution is 2.49. The molecule has 0 aromatic heterocycles. The molecule has 0 unspecified atom stereocenters. The number of carbonyl (C=O) groups is 1. The average Bonchev–Trinajstić information content (AvgIpc) is 2.37. The zero-order valence-corrected chi connectivity index (χ0v) is 13.7. The maximum absolute atomic E-state index is 12.0. The van der Waals surface area contributed by atoms with Gasteiger partial charge >= 0.3 is 13.7 Å². The zero-order chi connectivity index (χ0) is 15.4. The second kappa shape index (κ2) is 6.74. The average molecular weight is 305 g/mol. The Hall–Kier alpha value is -0.840. The van der Waals surface area contributed by atoms with E-state index in [1.165, 1.54) is 14.2 Å². The van der Waals surface area contributed by atoms with Gasteiger partial charge in [-0.2, -0.15) is 0 Å². The molecule has 0 radical (unpaired) electrons. The summed E-state index contributed by atoms with van der Waals surface area (Å²) in [6.45, 7) is 6.62. The van der Waals surface area contributed by atoms with E-state index in [1.807, 2.05) is 20.8 Å². The van der Waals surface area contributed by atoms with Crippen molar-refractivity contribution < 1.29 is 23.1 Å². The van der Waals surface area contributed by atoms with Crippen LogP contribution in [-0.4, -0.2) is 43.9 Å². The van der Waals surface area contributed by atoms with Gasteiger partial charge in [-0.05, 0) is 33.6 Å². The zero-order valence-electron chi connectivity index (χ0n) is 12.8. The summed E-state index contributed by atoms with van der Waals surface area (Å²) in [5, 5.41) is 0. The number of ether oxygens (including phenoxy) is 1. The Kier molecular flexibility index (Phi) is 5.80. The van der Waals surface area contributed by atoms with Crippen LogP contribution in [0, 0.1) is 0 Å². The summed E-state index contributed by atoms with van der Waals surface area (Å²) in [6, 6.07) is 0. The number of likely N-dealkylation sites (tertiary alicyclic amines) is 1. The molecule has 0 atom stereocenters. The first-order chi connectivity index (χ1) is 9.19. The maximum atomic E-state index is 12.0. The van der Waals surface area contributed by atoms with E-state index >= 15 is 0 Å². The number of hydrogen-bond donors (Lipinski definition) is 0. The van der Waals surface area contributed by atoms with Crippen molar-refractivity contribution >= 4 is 13.7 Å². The standard InChI is InChI=1S/C13H24NO5P/c1-13(2,3)19-12(15)14-8-6-11(7-9-14)10-20(16,17-4)18-5/h10H,6-9H2,1-5H3. The third kappa shape index (κ3) is 5.27. The van der Waals surface area contributed by atoms with Crippen molar-refractivity contribution in [1.82, 2.24) is 4.90 Å². The van der Waals surface area contributed by atoms with Crippen LogP contribution in [-0.2, 0) is 18.3 Å². The molecule has 0 saturated carbocycles. The normalized spacial score (nSPS) is 17.1. The van der Waals surface area contributed by atoms with Gasteiger partial charge in [0.25, 0.3) is 0 Å². The van der Waals surface area contributed by atoms with E-state index in [0.717, 1.165) is 5.57 Å². The minimum atomic E-state index is -3.12. The minimum absolute atomic E-state index is 0.307. The molecule has 0 N–H and O–H groups in total. The van der Waals surface area contributed by atoms with Gasteiger partial charge < -0.3 is 18.7 Å². The highest BCUT2D eigenvalue weighted by Gasteiger charge is 2.26. The molecule has 0 aliphatic carbocycles. The van der Waals surface area contributed by atoms with Gasteiger partial charge in [-0.25, -0.2) is 4.79 Å². The van der Waals surface area contributed by atoms with Crippen molar-refractivity contribution in [1.29, 1.82) is 0 Å². The van der Waals surface area contributed by atoms with Gasteiger partial charge in [0.1, 0.15) is 5.60 Å². The Morgan fingerprint density at radius 1 is 1.20 bits per heavy atom. The lowest BCUT2D eigenvalue weighted by atomic mass is 10.1. The van der Waals surface area contributed by atoms with Gasteiger partial charge in [-0.3, -0.25) is 4.57 Å². The lowest BCUT2D eigenvalue weighted by molar-refractivity contribution is 0.0236. The van der Waals surface area contributed by atoms with Crippen LogP contribution < -0.4 is 0 Å². The molecular formula is C13H24NO5P. The van der Waals surface area contributed by atoms with Gasteiger partial charge in [0.15, 0.2) is 0 Å². The van der Waals surface area contributed by atoms with Crippen molar-refractivity contribution in [2.75, 3.05) is 27.3 Å². The Labute approximate surface area is 120 Å². The number of carbonyl (C=O) groups excluding carboxylic acids is 1. The van der Waals surface area contributed by atoms with Crippen molar-refractivity contribution in [3.63, 3.8) is 0 Å². The third-order valence-electron chi connectivity index (χ3n) is 2.91. The molecule has 1 saturated heterocycles. The van der Waals surface area contributed by atoms with Crippen LogP contribution in [0.3, 0.4) is 0 Å². The highest BCUT2D eigenvalue weighted by atomic mass is 31.2. The third-order valence-corrected chi connectivity index (χ3v) is 4.61. The van der Waals surface area contributed by atoms with Gasteiger partial charge in [0.2, 0.25) is 0 Å². The van der Waals surface area contributed by atoms with E-state index in [-0.39, 0.29) is 6.09 Å².